The van der Waals surface area contributed by atoms with Crippen LogP contribution in [0.1, 0.15) is 32.1 Å². The van der Waals surface area contributed by atoms with Crippen molar-refractivity contribution in [1.29, 1.82) is 0 Å². The van der Waals surface area contributed by atoms with E-state index in [-0.39, 0.29) is 0 Å². The van der Waals surface area contributed by atoms with E-state index in [2.05, 4.69) is 17.3 Å². The van der Waals surface area contributed by atoms with E-state index in [9.17, 15) is 0 Å². The Kier molecular flexibility index (Phi) is 2.66. The van der Waals surface area contributed by atoms with Gasteiger partial charge in [0.2, 0.25) is 0 Å². The number of hydrogen-bond donors (Lipinski definition) is 1. The molecule has 1 aliphatic carbocycles. The van der Waals surface area contributed by atoms with E-state index in [4.69, 9.17) is 0 Å². The van der Waals surface area contributed by atoms with Crippen LogP contribution in [0.5, 0.6) is 0 Å². The molecule has 2 heteroatoms. The fourth-order valence-electron chi connectivity index (χ4n) is 2.09. The molecule has 1 N–H and O–H groups in total. The lowest BCUT2D eigenvalue weighted by atomic mass is 10.0. The van der Waals surface area contributed by atoms with Crippen molar-refractivity contribution in [3.63, 3.8) is 0 Å². The van der Waals surface area contributed by atoms with Crippen LogP contribution in [-0.2, 0) is 0 Å². The average molecular weight is 168 g/mol. The third kappa shape index (κ3) is 2.20. The number of rotatable bonds is 3. The van der Waals surface area contributed by atoms with Crippen LogP contribution in [0.25, 0.3) is 0 Å². The Morgan fingerprint density at radius 1 is 1.25 bits per heavy atom. The Labute approximate surface area is 75.3 Å². The molecule has 1 saturated heterocycles. The van der Waals surface area contributed by atoms with Crippen molar-refractivity contribution in [2.24, 2.45) is 0 Å². The summed E-state index contributed by atoms with van der Waals surface area (Å²) in [7, 11) is 2.27. The molecular weight excluding hydrogens is 148 g/mol. The normalized spacial score (nSPS) is 31.0. The first-order valence-electron chi connectivity index (χ1n) is 5.30. The lowest BCUT2D eigenvalue weighted by Crippen LogP contribution is -2.43. The molecule has 2 fully saturated rings. The maximum Gasteiger partial charge on any atom is 0.0195 e. The van der Waals surface area contributed by atoms with Crippen LogP contribution < -0.4 is 5.32 Å². The van der Waals surface area contributed by atoms with Crippen LogP contribution in [0.15, 0.2) is 0 Å². The van der Waals surface area contributed by atoms with Gasteiger partial charge in [0.15, 0.2) is 0 Å². The van der Waals surface area contributed by atoms with Crippen LogP contribution in [-0.4, -0.2) is 37.1 Å². The fourth-order valence-corrected chi connectivity index (χ4v) is 2.09. The molecule has 0 unspecified atom stereocenters. The monoisotopic (exact) mass is 168 g/mol. The molecule has 2 nitrogen and oxygen atoms in total. The Morgan fingerprint density at radius 2 is 2.08 bits per heavy atom. The molecule has 1 atom stereocenters. The summed E-state index contributed by atoms with van der Waals surface area (Å²) in [5.74, 6) is 0. The van der Waals surface area contributed by atoms with E-state index in [0.29, 0.717) is 0 Å². The summed E-state index contributed by atoms with van der Waals surface area (Å²) in [6, 6.07) is 1.71. The van der Waals surface area contributed by atoms with Gasteiger partial charge in [0, 0.05) is 18.6 Å². The summed E-state index contributed by atoms with van der Waals surface area (Å²) in [5.41, 5.74) is 0. The van der Waals surface area contributed by atoms with Crippen molar-refractivity contribution >= 4 is 0 Å². The van der Waals surface area contributed by atoms with Gasteiger partial charge in [-0.15, -0.1) is 0 Å². The molecule has 2 aliphatic rings. The number of likely N-dealkylation sites (N-methyl/N-ethyl adjacent to an activating group) is 1. The summed E-state index contributed by atoms with van der Waals surface area (Å²) in [4.78, 5) is 2.53. The van der Waals surface area contributed by atoms with E-state index in [1.54, 1.807) is 0 Å². The van der Waals surface area contributed by atoms with Crippen LogP contribution in [0.4, 0.5) is 0 Å². The highest BCUT2D eigenvalue weighted by Gasteiger charge is 2.27. The van der Waals surface area contributed by atoms with Gasteiger partial charge in [-0.2, -0.15) is 0 Å². The van der Waals surface area contributed by atoms with E-state index in [1.165, 1.54) is 45.2 Å². The molecule has 0 radical (unpaired) electrons. The van der Waals surface area contributed by atoms with Crippen LogP contribution in [0.2, 0.25) is 0 Å². The predicted octanol–water partition coefficient (Wildman–Crippen LogP) is 1.22. The Bertz CT molecular complexity index is 137. The molecule has 12 heavy (non-hydrogen) atoms. The van der Waals surface area contributed by atoms with Crippen LogP contribution >= 0.6 is 0 Å². The fraction of sp³-hybridized carbons (Fsp3) is 1.00. The Hall–Kier alpha value is -0.0800. The first-order valence-corrected chi connectivity index (χ1v) is 5.30. The molecule has 1 heterocycles. The zero-order valence-corrected chi connectivity index (χ0v) is 8.05. The number of nitrogens with one attached hydrogen (secondary N) is 1. The molecule has 70 valence electrons. The molecule has 2 rings (SSSR count). The zero-order chi connectivity index (χ0) is 8.39. The SMILES string of the molecule is CN(C[C@H]1CCCCN1)C1CC1. The molecule has 0 aromatic rings. The maximum atomic E-state index is 3.59. The largest absolute Gasteiger partial charge is 0.313 e. The van der Waals surface area contributed by atoms with Gasteiger partial charge >= 0.3 is 0 Å². The van der Waals surface area contributed by atoms with Crippen molar-refractivity contribution in [3.05, 3.63) is 0 Å². The third-order valence-corrected chi connectivity index (χ3v) is 3.09. The van der Waals surface area contributed by atoms with Crippen molar-refractivity contribution in [3.8, 4) is 0 Å². The van der Waals surface area contributed by atoms with Gasteiger partial charge < -0.3 is 10.2 Å². The second-order valence-electron chi connectivity index (χ2n) is 4.32. The van der Waals surface area contributed by atoms with E-state index < -0.39 is 0 Å². The molecule has 1 aliphatic heterocycles. The number of hydrogen-bond acceptors (Lipinski definition) is 2. The molecular formula is C10H20N2. The molecule has 0 aromatic heterocycles. The highest BCUT2D eigenvalue weighted by Crippen LogP contribution is 2.25. The second kappa shape index (κ2) is 3.75. The molecule has 1 saturated carbocycles. The average Bonchev–Trinajstić information content (AvgIpc) is 2.88. The van der Waals surface area contributed by atoms with Gasteiger partial charge in [0.05, 0.1) is 0 Å². The first-order chi connectivity index (χ1) is 5.86. The number of piperidine rings is 1. The smallest absolute Gasteiger partial charge is 0.0195 e. The topological polar surface area (TPSA) is 15.3 Å². The summed E-state index contributed by atoms with van der Waals surface area (Å²) in [6.45, 7) is 2.51. The maximum absolute atomic E-state index is 3.59. The summed E-state index contributed by atoms with van der Waals surface area (Å²) in [5, 5.41) is 3.59. The number of nitrogens with zero attached hydrogens (tertiary/aromatic N) is 1. The lowest BCUT2D eigenvalue weighted by Gasteiger charge is -2.28. The van der Waals surface area contributed by atoms with Crippen molar-refractivity contribution in [2.45, 2.75) is 44.2 Å². The molecule has 0 amide bonds. The minimum Gasteiger partial charge on any atom is -0.313 e. The van der Waals surface area contributed by atoms with Crippen molar-refractivity contribution in [2.75, 3.05) is 20.1 Å². The quantitative estimate of drug-likeness (QED) is 0.681. The minimum absolute atomic E-state index is 0.782. The second-order valence-corrected chi connectivity index (χ2v) is 4.32. The van der Waals surface area contributed by atoms with Gasteiger partial charge in [0.1, 0.15) is 0 Å². The standard InChI is InChI=1S/C10H20N2/c1-12(10-5-6-10)8-9-4-2-3-7-11-9/h9-11H,2-8H2,1H3/t9-/m1/s1. The Balaban J connectivity index is 1.69. The lowest BCUT2D eigenvalue weighted by molar-refractivity contribution is 0.255. The van der Waals surface area contributed by atoms with Gasteiger partial charge in [-0.25, -0.2) is 0 Å². The van der Waals surface area contributed by atoms with E-state index in [0.717, 1.165) is 12.1 Å². The third-order valence-electron chi connectivity index (χ3n) is 3.09. The zero-order valence-electron chi connectivity index (χ0n) is 8.05. The molecule has 0 spiro atoms. The highest BCUT2D eigenvalue weighted by molar-refractivity contribution is 4.85. The molecule has 0 bridgehead atoms. The van der Waals surface area contributed by atoms with E-state index in [1.807, 2.05) is 0 Å². The summed E-state index contributed by atoms with van der Waals surface area (Å²) >= 11 is 0. The minimum atomic E-state index is 0.782. The van der Waals surface area contributed by atoms with Gasteiger partial charge in [-0.3, -0.25) is 0 Å². The Morgan fingerprint density at radius 3 is 2.67 bits per heavy atom. The van der Waals surface area contributed by atoms with Crippen molar-refractivity contribution < 1.29 is 0 Å². The van der Waals surface area contributed by atoms with Gasteiger partial charge in [-0.1, -0.05) is 6.42 Å². The molecule has 0 aromatic carbocycles. The van der Waals surface area contributed by atoms with Gasteiger partial charge in [0.25, 0.3) is 0 Å². The summed E-state index contributed by atoms with van der Waals surface area (Å²) < 4.78 is 0. The summed E-state index contributed by atoms with van der Waals surface area (Å²) in [6.07, 6.45) is 7.06. The predicted molar refractivity (Wildman–Crippen MR) is 51.3 cm³/mol. The van der Waals surface area contributed by atoms with Crippen molar-refractivity contribution in [1.82, 2.24) is 10.2 Å². The first kappa shape index (κ1) is 8.52. The van der Waals surface area contributed by atoms with Crippen LogP contribution in [0.3, 0.4) is 0 Å². The van der Waals surface area contributed by atoms with Gasteiger partial charge in [-0.05, 0) is 39.3 Å². The highest BCUT2D eigenvalue weighted by atomic mass is 15.2. The van der Waals surface area contributed by atoms with Crippen LogP contribution in [0, 0.1) is 0 Å². The van der Waals surface area contributed by atoms with E-state index >= 15 is 0 Å².